The number of benzene rings is 1. The van der Waals surface area contributed by atoms with E-state index < -0.39 is 15.3 Å². The molecule has 0 saturated heterocycles. The zero-order valence-corrected chi connectivity index (χ0v) is 13.5. The summed E-state index contributed by atoms with van der Waals surface area (Å²) in [5.74, 6) is -0.0444. The van der Waals surface area contributed by atoms with Crippen molar-refractivity contribution < 1.29 is 13.2 Å². The monoisotopic (exact) mass is 309 g/mol. The van der Waals surface area contributed by atoms with Gasteiger partial charge in [0.25, 0.3) is 0 Å². The van der Waals surface area contributed by atoms with E-state index in [4.69, 9.17) is 0 Å². The van der Waals surface area contributed by atoms with Gasteiger partial charge >= 0.3 is 0 Å². The van der Waals surface area contributed by atoms with Crippen LogP contribution in [0.15, 0.2) is 24.3 Å². The molecule has 1 aromatic rings. The van der Waals surface area contributed by atoms with Gasteiger partial charge in [-0.3, -0.25) is 4.79 Å². The fourth-order valence-electron chi connectivity index (χ4n) is 3.09. The van der Waals surface area contributed by atoms with Crippen LogP contribution in [0.1, 0.15) is 36.8 Å². The first kappa shape index (κ1) is 16.0. The third-order valence-electron chi connectivity index (χ3n) is 4.22. The molecule has 4 nitrogen and oxygen atoms in total. The minimum Gasteiger partial charge on any atom is -0.354 e. The second-order valence-electron chi connectivity index (χ2n) is 6.04. The van der Waals surface area contributed by atoms with E-state index in [0.717, 1.165) is 36.8 Å². The van der Waals surface area contributed by atoms with Crippen LogP contribution in [0.2, 0.25) is 0 Å². The van der Waals surface area contributed by atoms with Crippen LogP contribution in [-0.2, 0) is 20.0 Å². The Balaban J connectivity index is 2.16. The summed E-state index contributed by atoms with van der Waals surface area (Å²) in [4.78, 5) is 12.7. The Morgan fingerprint density at radius 3 is 2.52 bits per heavy atom. The number of hydrogen-bond donors (Lipinski definition) is 1. The molecule has 1 aliphatic rings. The third kappa shape index (κ3) is 3.84. The van der Waals surface area contributed by atoms with Crippen LogP contribution in [0.4, 0.5) is 0 Å². The molecule has 0 radical (unpaired) electrons. The zero-order valence-electron chi connectivity index (χ0n) is 12.7. The van der Waals surface area contributed by atoms with Crippen LogP contribution in [-0.4, -0.2) is 32.9 Å². The van der Waals surface area contributed by atoms with Crippen molar-refractivity contribution in [2.75, 3.05) is 18.6 Å². The second kappa shape index (κ2) is 6.18. The van der Waals surface area contributed by atoms with Crippen LogP contribution in [0.3, 0.4) is 0 Å². The van der Waals surface area contributed by atoms with Crippen LogP contribution in [0, 0.1) is 6.92 Å². The van der Waals surface area contributed by atoms with Gasteiger partial charge in [0.15, 0.2) is 0 Å². The van der Waals surface area contributed by atoms with Crippen molar-refractivity contribution in [3.8, 4) is 0 Å². The van der Waals surface area contributed by atoms with Crippen LogP contribution < -0.4 is 5.32 Å². The molecule has 0 unspecified atom stereocenters. The number of sulfone groups is 1. The molecule has 1 amide bonds. The summed E-state index contributed by atoms with van der Waals surface area (Å²) in [5, 5.41) is 2.82. The average molecular weight is 309 g/mol. The summed E-state index contributed by atoms with van der Waals surface area (Å²) in [5.41, 5.74) is 1.71. The lowest BCUT2D eigenvalue weighted by molar-refractivity contribution is -0.126. The summed E-state index contributed by atoms with van der Waals surface area (Å²) >= 11 is 0. The number of amides is 1. The molecule has 1 aliphatic carbocycles. The van der Waals surface area contributed by atoms with Gasteiger partial charge in [-0.25, -0.2) is 8.42 Å². The first-order chi connectivity index (χ1) is 9.83. The van der Waals surface area contributed by atoms with Crippen molar-refractivity contribution in [1.82, 2.24) is 5.32 Å². The SMILES string of the molecule is Cc1cccc(C2(C(=O)NCCS(C)(=O)=O)CCCC2)c1. The number of carbonyl (C=O) groups is 1. The molecule has 0 bridgehead atoms. The summed E-state index contributed by atoms with van der Waals surface area (Å²) in [6.45, 7) is 2.21. The predicted octanol–water partition coefficient (Wildman–Crippen LogP) is 1.97. The van der Waals surface area contributed by atoms with Gasteiger partial charge in [-0.1, -0.05) is 42.7 Å². The van der Waals surface area contributed by atoms with E-state index in [1.807, 2.05) is 25.1 Å². The average Bonchev–Trinajstić information content (AvgIpc) is 2.87. The molecule has 1 fully saturated rings. The number of rotatable bonds is 5. The van der Waals surface area contributed by atoms with E-state index >= 15 is 0 Å². The standard InChI is InChI=1S/C16H23NO3S/c1-13-6-5-7-14(12-13)16(8-3-4-9-16)15(18)17-10-11-21(2,19)20/h5-7,12H,3-4,8-11H2,1-2H3,(H,17,18). The lowest BCUT2D eigenvalue weighted by Gasteiger charge is -2.28. The normalized spacial score (nSPS) is 17.6. The van der Waals surface area contributed by atoms with Crippen LogP contribution >= 0.6 is 0 Å². The zero-order chi connectivity index (χ0) is 15.5. The molecule has 21 heavy (non-hydrogen) atoms. The van der Waals surface area contributed by atoms with Gasteiger partial charge < -0.3 is 5.32 Å². The quantitative estimate of drug-likeness (QED) is 0.904. The Kier molecular flexibility index (Phi) is 4.71. The molecule has 0 aliphatic heterocycles. The first-order valence-corrected chi connectivity index (χ1v) is 9.43. The highest BCUT2D eigenvalue weighted by molar-refractivity contribution is 7.90. The van der Waals surface area contributed by atoms with E-state index in [1.54, 1.807) is 0 Å². The van der Waals surface area contributed by atoms with Gasteiger partial charge in [0.1, 0.15) is 9.84 Å². The Bertz CT molecular complexity index is 616. The largest absolute Gasteiger partial charge is 0.354 e. The fraction of sp³-hybridized carbons (Fsp3) is 0.562. The Hall–Kier alpha value is -1.36. The van der Waals surface area contributed by atoms with E-state index in [-0.39, 0.29) is 18.2 Å². The number of aryl methyl sites for hydroxylation is 1. The molecule has 0 atom stereocenters. The maximum atomic E-state index is 12.7. The number of hydrogen-bond acceptors (Lipinski definition) is 3. The van der Waals surface area contributed by atoms with Gasteiger partial charge in [-0.05, 0) is 25.3 Å². The summed E-state index contributed by atoms with van der Waals surface area (Å²) in [7, 11) is -3.05. The molecule has 1 N–H and O–H groups in total. The molecule has 5 heteroatoms. The molecule has 1 aromatic carbocycles. The smallest absolute Gasteiger partial charge is 0.230 e. The van der Waals surface area contributed by atoms with Crippen molar-refractivity contribution in [3.05, 3.63) is 35.4 Å². The molecule has 2 rings (SSSR count). The van der Waals surface area contributed by atoms with E-state index in [1.165, 1.54) is 6.26 Å². The number of carbonyl (C=O) groups excluding carboxylic acids is 1. The summed E-state index contributed by atoms with van der Waals surface area (Å²) in [6.07, 6.45) is 4.92. The topological polar surface area (TPSA) is 63.2 Å². The molecular weight excluding hydrogens is 286 g/mol. The van der Waals surface area contributed by atoms with Crippen LogP contribution in [0.25, 0.3) is 0 Å². The molecule has 0 aromatic heterocycles. The molecular formula is C16H23NO3S. The fourth-order valence-corrected chi connectivity index (χ4v) is 3.56. The third-order valence-corrected chi connectivity index (χ3v) is 5.17. The Labute approximate surface area is 126 Å². The lowest BCUT2D eigenvalue weighted by atomic mass is 9.77. The number of nitrogens with one attached hydrogen (secondary N) is 1. The van der Waals surface area contributed by atoms with Gasteiger partial charge in [-0.15, -0.1) is 0 Å². The maximum Gasteiger partial charge on any atom is 0.230 e. The predicted molar refractivity (Wildman–Crippen MR) is 84.0 cm³/mol. The van der Waals surface area contributed by atoms with Crippen molar-refractivity contribution in [2.24, 2.45) is 0 Å². The second-order valence-corrected chi connectivity index (χ2v) is 8.30. The first-order valence-electron chi connectivity index (χ1n) is 7.37. The van der Waals surface area contributed by atoms with Gasteiger partial charge in [0.05, 0.1) is 11.2 Å². The van der Waals surface area contributed by atoms with Gasteiger partial charge in [-0.2, -0.15) is 0 Å². The van der Waals surface area contributed by atoms with Gasteiger partial charge in [0, 0.05) is 12.8 Å². The molecule has 116 valence electrons. The van der Waals surface area contributed by atoms with Gasteiger partial charge in [0.2, 0.25) is 5.91 Å². The summed E-state index contributed by atoms with van der Waals surface area (Å²) in [6, 6.07) is 8.08. The van der Waals surface area contributed by atoms with E-state index in [2.05, 4.69) is 11.4 Å². The van der Waals surface area contributed by atoms with Crippen molar-refractivity contribution in [3.63, 3.8) is 0 Å². The minimum absolute atomic E-state index is 0.0113. The van der Waals surface area contributed by atoms with E-state index in [0.29, 0.717) is 0 Å². The van der Waals surface area contributed by atoms with Crippen molar-refractivity contribution in [2.45, 2.75) is 38.0 Å². The van der Waals surface area contributed by atoms with Crippen molar-refractivity contribution in [1.29, 1.82) is 0 Å². The lowest BCUT2D eigenvalue weighted by Crippen LogP contribution is -2.44. The maximum absolute atomic E-state index is 12.7. The molecule has 0 heterocycles. The molecule has 0 spiro atoms. The summed E-state index contributed by atoms with van der Waals surface area (Å²) < 4.78 is 22.4. The van der Waals surface area contributed by atoms with Crippen LogP contribution in [0.5, 0.6) is 0 Å². The van der Waals surface area contributed by atoms with Crippen molar-refractivity contribution >= 4 is 15.7 Å². The minimum atomic E-state index is -3.05. The highest BCUT2D eigenvalue weighted by Crippen LogP contribution is 2.41. The van der Waals surface area contributed by atoms with E-state index in [9.17, 15) is 13.2 Å². The molecule has 1 saturated carbocycles. The highest BCUT2D eigenvalue weighted by Gasteiger charge is 2.42. The Morgan fingerprint density at radius 1 is 1.29 bits per heavy atom. The Morgan fingerprint density at radius 2 is 1.95 bits per heavy atom. The highest BCUT2D eigenvalue weighted by atomic mass is 32.2.